The molecule has 148 valence electrons. The lowest BCUT2D eigenvalue weighted by Crippen LogP contribution is -2.51. The van der Waals surface area contributed by atoms with Gasteiger partial charge in [0, 0.05) is 29.1 Å². The molecule has 0 aromatic heterocycles. The lowest BCUT2D eigenvalue weighted by molar-refractivity contribution is -0.385. The Morgan fingerprint density at radius 1 is 1.37 bits per heavy atom. The third-order valence-corrected chi connectivity index (χ3v) is 7.03. The first kappa shape index (κ1) is 21.6. The Balaban J connectivity index is 2.41. The Morgan fingerprint density at radius 2 is 2.00 bits per heavy atom. The average Bonchev–Trinajstić information content (AvgIpc) is 2.53. The summed E-state index contributed by atoms with van der Waals surface area (Å²) in [5.74, 6) is -0.596. The van der Waals surface area contributed by atoms with Crippen LogP contribution in [0, 0.1) is 32.7 Å². The van der Waals surface area contributed by atoms with Crippen molar-refractivity contribution in [3.63, 3.8) is 0 Å². The van der Waals surface area contributed by atoms with Gasteiger partial charge in [0.2, 0.25) is 0 Å². The van der Waals surface area contributed by atoms with Gasteiger partial charge in [-0.2, -0.15) is 5.26 Å². The number of nitro groups is 1. The number of nitro benzene ring substituents is 1. The second-order valence-corrected chi connectivity index (χ2v) is 10.4. The second-order valence-electron chi connectivity index (χ2n) is 8.48. The molecular weight excluding hydrogens is 369 g/mol. The molecule has 1 aromatic rings. The second kappa shape index (κ2) is 7.74. The fourth-order valence-corrected chi connectivity index (χ4v) is 4.09. The van der Waals surface area contributed by atoms with Crippen LogP contribution < -0.4 is 4.72 Å². The third-order valence-electron chi connectivity index (χ3n) is 5.28. The Kier molecular flexibility index (Phi) is 6.19. The van der Waals surface area contributed by atoms with E-state index in [4.69, 9.17) is 0 Å². The maximum atomic E-state index is 14.6. The number of nitrogens with one attached hydrogen (secondary N) is 1. The highest BCUT2D eigenvalue weighted by Gasteiger charge is 2.43. The molecule has 0 aliphatic heterocycles. The number of hydrogen-bond donors (Lipinski definition) is 1. The molecule has 0 spiro atoms. The van der Waals surface area contributed by atoms with E-state index < -0.39 is 37.8 Å². The lowest BCUT2D eigenvalue weighted by atomic mass is 9.65. The van der Waals surface area contributed by atoms with Crippen molar-refractivity contribution in [1.82, 2.24) is 4.72 Å². The molecule has 1 fully saturated rings. The monoisotopic (exact) mass is 395 g/mol. The van der Waals surface area contributed by atoms with Crippen LogP contribution in [-0.4, -0.2) is 14.2 Å². The first-order chi connectivity index (χ1) is 12.4. The maximum Gasteiger partial charge on any atom is 0.269 e. The number of halogens is 1. The molecule has 1 aliphatic carbocycles. The number of hydrogen-bond acceptors (Lipinski definition) is 5. The summed E-state index contributed by atoms with van der Waals surface area (Å²) in [6.45, 7) is 7.08. The Labute approximate surface area is 162 Å². The van der Waals surface area contributed by atoms with E-state index >= 15 is 0 Å². The van der Waals surface area contributed by atoms with E-state index in [2.05, 4.69) is 10.8 Å². The SMILES string of the molecule is CC(C)(C)[S@@+]([O-])N[C@](C)(CCC1(C#N)CCC1)c1cc([N+](=O)[O-])ccc1F. The largest absolute Gasteiger partial charge is 0.598 e. The van der Waals surface area contributed by atoms with Crippen LogP contribution in [0.25, 0.3) is 0 Å². The number of non-ortho nitro benzene ring substituents is 1. The molecular formula is C19H26FN3O3S. The summed E-state index contributed by atoms with van der Waals surface area (Å²) in [4.78, 5) is 10.6. The standard InChI is InChI=1S/C19H26FN3O3S/c1-17(2,3)27(26)22-18(4,10-11-19(13-21)8-5-9-19)15-12-14(23(24)25)6-7-16(15)20/h6-7,12,22H,5,8-11H2,1-4H3/t18-,27-/m1/s1. The van der Waals surface area contributed by atoms with Crippen molar-refractivity contribution in [1.29, 1.82) is 5.26 Å². The predicted molar refractivity (Wildman–Crippen MR) is 103 cm³/mol. The van der Waals surface area contributed by atoms with Gasteiger partial charge >= 0.3 is 0 Å². The Bertz CT molecular complexity index is 756. The van der Waals surface area contributed by atoms with Gasteiger partial charge in [-0.05, 0) is 59.4 Å². The summed E-state index contributed by atoms with van der Waals surface area (Å²) in [7, 11) is 0. The molecule has 0 heterocycles. The molecule has 1 aromatic carbocycles. The number of nitrogens with zero attached hydrogens (tertiary/aromatic N) is 2. The highest BCUT2D eigenvalue weighted by molar-refractivity contribution is 7.90. The predicted octanol–water partition coefficient (Wildman–Crippen LogP) is 4.47. The van der Waals surface area contributed by atoms with Crippen LogP contribution in [0.3, 0.4) is 0 Å². The molecule has 27 heavy (non-hydrogen) atoms. The van der Waals surface area contributed by atoms with Gasteiger partial charge in [0.05, 0.1) is 21.9 Å². The lowest BCUT2D eigenvalue weighted by Gasteiger charge is -2.40. The number of nitriles is 1. The minimum atomic E-state index is -1.52. The Hall–Kier alpha value is -1.69. The zero-order valence-electron chi connectivity index (χ0n) is 16.2. The van der Waals surface area contributed by atoms with Gasteiger partial charge < -0.3 is 4.55 Å². The van der Waals surface area contributed by atoms with Crippen LogP contribution in [0.15, 0.2) is 18.2 Å². The molecule has 0 saturated heterocycles. The smallest absolute Gasteiger partial charge is 0.269 e. The van der Waals surface area contributed by atoms with E-state index in [1.807, 2.05) is 0 Å². The van der Waals surface area contributed by atoms with E-state index in [9.17, 15) is 24.3 Å². The van der Waals surface area contributed by atoms with E-state index in [1.165, 1.54) is 6.07 Å². The van der Waals surface area contributed by atoms with Crippen molar-refractivity contribution >= 4 is 17.0 Å². The van der Waals surface area contributed by atoms with Crippen LogP contribution in [0.2, 0.25) is 0 Å². The van der Waals surface area contributed by atoms with Crippen molar-refractivity contribution in [3.8, 4) is 6.07 Å². The minimum absolute atomic E-state index is 0.0988. The van der Waals surface area contributed by atoms with Gasteiger partial charge in [-0.1, -0.05) is 6.42 Å². The first-order valence-corrected chi connectivity index (χ1v) is 10.1. The van der Waals surface area contributed by atoms with Gasteiger partial charge in [-0.25, -0.2) is 4.39 Å². The van der Waals surface area contributed by atoms with Gasteiger partial charge in [0.25, 0.3) is 5.69 Å². The topological polar surface area (TPSA) is 102 Å². The molecule has 1 aliphatic rings. The molecule has 2 rings (SSSR count). The van der Waals surface area contributed by atoms with E-state index in [1.54, 1.807) is 27.7 Å². The highest BCUT2D eigenvalue weighted by atomic mass is 32.2. The highest BCUT2D eigenvalue weighted by Crippen LogP contribution is 2.47. The fourth-order valence-electron chi connectivity index (χ4n) is 3.16. The third kappa shape index (κ3) is 4.78. The van der Waals surface area contributed by atoms with Gasteiger partial charge in [0.1, 0.15) is 10.6 Å². The molecule has 6 nitrogen and oxygen atoms in total. The van der Waals surface area contributed by atoms with Crippen LogP contribution in [0.1, 0.15) is 65.4 Å². The zero-order valence-corrected chi connectivity index (χ0v) is 17.0. The fraction of sp³-hybridized carbons (Fsp3) is 0.632. The van der Waals surface area contributed by atoms with Crippen molar-refractivity contribution < 1.29 is 13.9 Å². The summed E-state index contributed by atoms with van der Waals surface area (Å²) in [5, 5.41) is 20.6. The maximum absolute atomic E-state index is 14.6. The number of rotatable bonds is 7. The molecule has 0 radical (unpaired) electrons. The van der Waals surface area contributed by atoms with Crippen LogP contribution >= 0.6 is 0 Å². The van der Waals surface area contributed by atoms with E-state index in [0.717, 1.165) is 31.4 Å². The molecule has 2 atom stereocenters. The van der Waals surface area contributed by atoms with Crippen LogP contribution in [-0.2, 0) is 16.9 Å². The molecule has 8 heteroatoms. The minimum Gasteiger partial charge on any atom is -0.598 e. The normalized spacial score (nSPS) is 19.4. The van der Waals surface area contributed by atoms with Gasteiger partial charge in [-0.3, -0.25) is 10.1 Å². The molecule has 0 bridgehead atoms. The van der Waals surface area contributed by atoms with E-state index in [0.29, 0.717) is 12.8 Å². The summed E-state index contributed by atoms with van der Waals surface area (Å²) in [6.07, 6.45) is 3.42. The van der Waals surface area contributed by atoms with Gasteiger partial charge in [0.15, 0.2) is 0 Å². The van der Waals surface area contributed by atoms with Crippen molar-refractivity contribution in [3.05, 3.63) is 39.7 Å². The summed E-state index contributed by atoms with van der Waals surface area (Å²) in [5.41, 5.74) is -1.67. The van der Waals surface area contributed by atoms with Crippen molar-refractivity contribution in [2.24, 2.45) is 5.41 Å². The average molecular weight is 396 g/mol. The first-order valence-electron chi connectivity index (χ1n) is 8.98. The Morgan fingerprint density at radius 3 is 2.44 bits per heavy atom. The molecule has 0 amide bonds. The molecule has 1 N–H and O–H groups in total. The number of benzene rings is 1. The van der Waals surface area contributed by atoms with Gasteiger partial charge in [-0.15, -0.1) is 4.72 Å². The summed E-state index contributed by atoms with van der Waals surface area (Å²) >= 11 is -1.52. The van der Waals surface area contributed by atoms with Crippen LogP contribution in [0.4, 0.5) is 10.1 Å². The summed E-state index contributed by atoms with van der Waals surface area (Å²) < 4.78 is 29.8. The summed E-state index contributed by atoms with van der Waals surface area (Å²) in [6, 6.07) is 5.74. The van der Waals surface area contributed by atoms with E-state index in [-0.39, 0.29) is 11.3 Å². The van der Waals surface area contributed by atoms with Crippen molar-refractivity contribution in [2.45, 2.75) is 70.1 Å². The molecule has 1 saturated carbocycles. The van der Waals surface area contributed by atoms with Crippen molar-refractivity contribution in [2.75, 3.05) is 0 Å². The molecule has 0 unspecified atom stereocenters. The zero-order chi connectivity index (χ0) is 20.5. The quantitative estimate of drug-likeness (QED) is 0.417. The van der Waals surface area contributed by atoms with Crippen LogP contribution in [0.5, 0.6) is 0 Å².